The van der Waals surface area contributed by atoms with Crippen molar-refractivity contribution in [1.29, 1.82) is 0 Å². The van der Waals surface area contributed by atoms with E-state index >= 15 is 0 Å². The fraction of sp³-hybridized carbons (Fsp3) is 0.200. The molecule has 0 bridgehead atoms. The van der Waals surface area contributed by atoms with Gasteiger partial charge in [-0.25, -0.2) is 9.50 Å². The van der Waals surface area contributed by atoms with Crippen LogP contribution in [0.15, 0.2) is 24.3 Å². The molecule has 10 heteroatoms. The number of alkyl halides is 3. The third kappa shape index (κ3) is 3.57. The highest BCUT2D eigenvalue weighted by atomic mass is 127. The zero-order valence-electron chi connectivity index (χ0n) is 13.0. The topological polar surface area (TPSA) is 72.2 Å². The predicted molar refractivity (Wildman–Crippen MR) is 92.4 cm³/mol. The Bertz CT molecular complexity index is 983. The van der Waals surface area contributed by atoms with Crippen LogP contribution in [0.5, 0.6) is 0 Å². The summed E-state index contributed by atoms with van der Waals surface area (Å²) < 4.78 is 40.4. The first-order valence-corrected chi connectivity index (χ1v) is 8.12. The summed E-state index contributed by atoms with van der Waals surface area (Å²) >= 11 is 1.84. The number of halogens is 4. The molecule has 0 aliphatic heterocycles. The number of hydrogen-bond acceptors (Lipinski definition) is 4. The van der Waals surface area contributed by atoms with E-state index in [1.54, 1.807) is 19.9 Å². The first-order chi connectivity index (χ1) is 11.6. The number of rotatable bonds is 2. The lowest BCUT2D eigenvalue weighted by Gasteiger charge is -2.10. The van der Waals surface area contributed by atoms with Gasteiger partial charge in [-0.05, 0) is 60.7 Å². The Morgan fingerprint density at radius 2 is 1.92 bits per heavy atom. The molecular weight excluding hydrogens is 450 g/mol. The molecule has 6 nitrogen and oxygen atoms in total. The molecule has 0 atom stereocenters. The number of benzene rings is 1. The van der Waals surface area contributed by atoms with Crippen molar-refractivity contribution in [3.05, 3.63) is 50.6 Å². The maximum Gasteiger partial charge on any atom is 0.416 e. The average Bonchev–Trinajstić information content (AvgIpc) is 2.92. The van der Waals surface area contributed by atoms with E-state index in [1.165, 1.54) is 10.6 Å². The molecule has 0 fully saturated rings. The summed E-state index contributed by atoms with van der Waals surface area (Å²) in [6.45, 7) is 3.57. The molecule has 2 aromatic heterocycles. The number of aromatic nitrogens is 4. The van der Waals surface area contributed by atoms with Gasteiger partial charge in [-0.15, -0.1) is 5.10 Å². The SMILES string of the molecule is Cc1cc(C)n2nc(C(=O)Nc3cc(C(F)(F)F)ccc3I)nc2n1. The van der Waals surface area contributed by atoms with Crippen molar-refractivity contribution in [2.75, 3.05) is 5.32 Å². The molecule has 0 saturated heterocycles. The molecule has 0 spiro atoms. The second kappa shape index (κ2) is 6.24. The van der Waals surface area contributed by atoms with Crippen LogP contribution < -0.4 is 5.32 Å². The summed E-state index contributed by atoms with van der Waals surface area (Å²) in [5.74, 6) is -0.629. The van der Waals surface area contributed by atoms with Gasteiger partial charge in [0, 0.05) is 15.0 Å². The summed E-state index contributed by atoms with van der Waals surface area (Å²) in [5.41, 5.74) is 0.652. The van der Waals surface area contributed by atoms with Gasteiger partial charge in [0.15, 0.2) is 0 Å². The minimum Gasteiger partial charge on any atom is -0.318 e. The molecule has 3 aromatic rings. The van der Waals surface area contributed by atoms with Crippen molar-refractivity contribution in [3.63, 3.8) is 0 Å². The van der Waals surface area contributed by atoms with Gasteiger partial charge in [0.2, 0.25) is 5.82 Å². The predicted octanol–water partition coefficient (Wildman–Crippen LogP) is 3.62. The van der Waals surface area contributed by atoms with Crippen LogP contribution in [0, 0.1) is 17.4 Å². The van der Waals surface area contributed by atoms with Crippen molar-refractivity contribution in [1.82, 2.24) is 19.6 Å². The van der Waals surface area contributed by atoms with Gasteiger partial charge < -0.3 is 5.32 Å². The Labute approximate surface area is 153 Å². The third-order valence-electron chi connectivity index (χ3n) is 3.36. The monoisotopic (exact) mass is 461 g/mol. The molecule has 0 radical (unpaired) electrons. The van der Waals surface area contributed by atoms with Gasteiger partial charge in [-0.2, -0.15) is 18.2 Å². The molecule has 0 aliphatic carbocycles. The summed E-state index contributed by atoms with van der Waals surface area (Å²) in [6, 6.07) is 4.89. The largest absolute Gasteiger partial charge is 0.416 e. The lowest BCUT2D eigenvalue weighted by atomic mass is 10.2. The third-order valence-corrected chi connectivity index (χ3v) is 4.30. The Hall–Kier alpha value is -2.24. The van der Waals surface area contributed by atoms with Crippen molar-refractivity contribution < 1.29 is 18.0 Å². The van der Waals surface area contributed by atoms with Gasteiger partial charge in [0.25, 0.3) is 11.7 Å². The molecule has 25 heavy (non-hydrogen) atoms. The second-order valence-corrected chi connectivity index (χ2v) is 6.49. The molecule has 1 N–H and O–H groups in total. The van der Waals surface area contributed by atoms with E-state index < -0.39 is 17.6 Å². The number of carbonyl (C=O) groups excluding carboxylic acids is 1. The minimum atomic E-state index is -4.50. The maximum absolute atomic E-state index is 12.8. The van der Waals surface area contributed by atoms with Gasteiger partial charge >= 0.3 is 6.18 Å². The van der Waals surface area contributed by atoms with Crippen LogP contribution in [0.3, 0.4) is 0 Å². The van der Waals surface area contributed by atoms with Crippen LogP contribution in [0.1, 0.15) is 27.6 Å². The Kier molecular flexibility index (Phi) is 4.39. The van der Waals surface area contributed by atoms with Crippen LogP contribution in [-0.4, -0.2) is 25.5 Å². The van der Waals surface area contributed by atoms with Gasteiger partial charge in [-0.1, -0.05) is 0 Å². The van der Waals surface area contributed by atoms with Crippen LogP contribution in [0.25, 0.3) is 5.78 Å². The normalized spacial score (nSPS) is 11.8. The molecule has 0 saturated carbocycles. The first-order valence-electron chi connectivity index (χ1n) is 7.04. The van der Waals surface area contributed by atoms with E-state index in [0.29, 0.717) is 3.57 Å². The van der Waals surface area contributed by atoms with E-state index in [0.717, 1.165) is 23.5 Å². The quantitative estimate of drug-likeness (QED) is 0.593. The summed E-state index contributed by atoms with van der Waals surface area (Å²) in [5, 5.41) is 6.48. The number of aryl methyl sites for hydroxylation is 2. The fourth-order valence-corrected chi connectivity index (χ4v) is 2.71. The zero-order chi connectivity index (χ0) is 18.4. The maximum atomic E-state index is 12.8. The van der Waals surface area contributed by atoms with Gasteiger partial charge in [-0.3, -0.25) is 4.79 Å². The number of carbonyl (C=O) groups is 1. The fourth-order valence-electron chi connectivity index (χ4n) is 2.24. The molecule has 3 rings (SSSR count). The molecule has 1 amide bonds. The highest BCUT2D eigenvalue weighted by molar-refractivity contribution is 14.1. The number of fused-ring (bicyclic) bond motifs is 1. The summed E-state index contributed by atoms with van der Waals surface area (Å²) in [6.07, 6.45) is -4.50. The zero-order valence-corrected chi connectivity index (χ0v) is 15.2. The second-order valence-electron chi connectivity index (χ2n) is 5.33. The average molecular weight is 461 g/mol. The van der Waals surface area contributed by atoms with E-state index in [2.05, 4.69) is 20.4 Å². The molecule has 1 aromatic carbocycles. The molecule has 2 heterocycles. The highest BCUT2D eigenvalue weighted by Gasteiger charge is 2.31. The highest BCUT2D eigenvalue weighted by Crippen LogP contribution is 2.32. The molecule has 0 aliphatic rings. The summed E-state index contributed by atoms with van der Waals surface area (Å²) in [7, 11) is 0. The number of amides is 1. The van der Waals surface area contributed by atoms with E-state index in [-0.39, 0.29) is 17.3 Å². The van der Waals surface area contributed by atoms with Crippen LogP contribution in [0.4, 0.5) is 18.9 Å². The van der Waals surface area contributed by atoms with Gasteiger partial charge in [0.05, 0.1) is 11.3 Å². The molecular formula is C15H11F3IN5O. The molecule has 0 unspecified atom stereocenters. The van der Waals surface area contributed by atoms with Crippen molar-refractivity contribution in [2.24, 2.45) is 0 Å². The first kappa shape index (κ1) is 17.6. The van der Waals surface area contributed by atoms with Crippen molar-refractivity contribution in [3.8, 4) is 0 Å². The Morgan fingerprint density at radius 3 is 2.60 bits per heavy atom. The lowest BCUT2D eigenvalue weighted by Crippen LogP contribution is -2.16. The lowest BCUT2D eigenvalue weighted by molar-refractivity contribution is -0.137. The smallest absolute Gasteiger partial charge is 0.318 e. The number of nitrogens with one attached hydrogen (secondary N) is 1. The molecule has 130 valence electrons. The van der Waals surface area contributed by atoms with Gasteiger partial charge in [0.1, 0.15) is 0 Å². The number of anilines is 1. The Morgan fingerprint density at radius 1 is 1.20 bits per heavy atom. The van der Waals surface area contributed by atoms with E-state index in [9.17, 15) is 18.0 Å². The number of nitrogens with zero attached hydrogens (tertiary/aromatic N) is 4. The van der Waals surface area contributed by atoms with Crippen molar-refractivity contribution in [2.45, 2.75) is 20.0 Å². The van der Waals surface area contributed by atoms with E-state index in [1.807, 2.05) is 22.6 Å². The Balaban J connectivity index is 1.94. The van der Waals surface area contributed by atoms with Crippen LogP contribution >= 0.6 is 22.6 Å². The summed E-state index contributed by atoms with van der Waals surface area (Å²) in [4.78, 5) is 20.5. The minimum absolute atomic E-state index is 0.0418. The number of hydrogen-bond donors (Lipinski definition) is 1. The van der Waals surface area contributed by atoms with E-state index in [4.69, 9.17) is 0 Å². The van der Waals surface area contributed by atoms with Crippen LogP contribution in [0.2, 0.25) is 0 Å². The van der Waals surface area contributed by atoms with Crippen LogP contribution in [-0.2, 0) is 6.18 Å². The standard InChI is InChI=1S/C15H11F3IN5O/c1-7-5-8(2)24-14(20-7)22-12(23-24)13(25)21-11-6-9(15(16,17)18)3-4-10(11)19/h3-6H,1-2H3,(H,21,25). The van der Waals surface area contributed by atoms with Crippen molar-refractivity contribution >= 4 is 40.0 Å².